The number of hydrogen-bond acceptors (Lipinski definition) is 6. The van der Waals surface area contributed by atoms with Crippen molar-refractivity contribution >= 4 is 29.6 Å². The molecule has 0 aromatic heterocycles. The smallest absolute Gasteiger partial charge is 0.254 e. The molecular weight excluding hydrogens is 524 g/mol. The van der Waals surface area contributed by atoms with Crippen molar-refractivity contribution in [3.05, 3.63) is 71.8 Å². The third-order valence-electron chi connectivity index (χ3n) is 6.84. The van der Waals surface area contributed by atoms with Crippen molar-refractivity contribution in [2.75, 3.05) is 20.1 Å². The maximum atomic E-state index is 13.7. The van der Waals surface area contributed by atoms with E-state index < -0.39 is 35.3 Å². The number of guanidine groups is 1. The molecule has 10 N–H and O–H groups in total. The number of carbonyl (C=O) groups is 4. The number of rotatable bonds is 16. The Hall–Kier alpha value is -4.45. The van der Waals surface area contributed by atoms with Crippen molar-refractivity contribution < 1.29 is 19.2 Å². The summed E-state index contributed by atoms with van der Waals surface area (Å²) >= 11 is 0. The third-order valence-corrected chi connectivity index (χ3v) is 6.84. The molecule has 0 unspecified atom stereocenters. The van der Waals surface area contributed by atoms with Gasteiger partial charge in [0.1, 0.15) is 17.6 Å². The van der Waals surface area contributed by atoms with E-state index in [4.69, 9.17) is 22.9 Å². The van der Waals surface area contributed by atoms with Crippen LogP contribution in [0, 0.1) is 0 Å². The summed E-state index contributed by atoms with van der Waals surface area (Å²) in [7, 11) is 1.53. The number of nitrogens with zero attached hydrogens (tertiary/aromatic N) is 2. The number of primary amides is 1. The molecule has 2 aromatic carbocycles. The first-order chi connectivity index (χ1) is 19.5. The first-order valence-corrected chi connectivity index (χ1v) is 13.6. The number of nitrogens with two attached hydrogens (primary N) is 4. The van der Waals surface area contributed by atoms with Crippen LogP contribution in [-0.2, 0) is 19.9 Å². The van der Waals surface area contributed by atoms with Crippen LogP contribution in [-0.4, -0.2) is 66.7 Å². The molecule has 4 amide bonds. The minimum Gasteiger partial charge on any atom is -0.370 e. The first-order valence-electron chi connectivity index (χ1n) is 13.6. The van der Waals surface area contributed by atoms with E-state index in [0.717, 1.165) is 0 Å². The van der Waals surface area contributed by atoms with E-state index in [1.165, 1.54) is 18.9 Å². The minimum atomic E-state index is -1.52. The fourth-order valence-electron chi connectivity index (χ4n) is 4.33. The van der Waals surface area contributed by atoms with Gasteiger partial charge in [0.15, 0.2) is 5.96 Å². The highest BCUT2D eigenvalue weighted by atomic mass is 16.2. The van der Waals surface area contributed by atoms with Crippen LogP contribution in [0.3, 0.4) is 0 Å². The van der Waals surface area contributed by atoms with Gasteiger partial charge in [-0.3, -0.25) is 24.2 Å². The highest BCUT2D eigenvalue weighted by Crippen LogP contribution is 2.21. The van der Waals surface area contributed by atoms with E-state index in [1.807, 2.05) is 0 Å². The predicted molar refractivity (Wildman–Crippen MR) is 158 cm³/mol. The monoisotopic (exact) mass is 566 g/mol. The Bertz CT molecular complexity index is 1190. The summed E-state index contributed by atoms with van der Waals surface area (Å²) in [5.41, 5.74) is 21.6. The molecule has 41 heavy (non-hydrogen) atoms. The topological polar surface area (TPSA) is 212 Å². The molecule has 12 heteroatoms. The van der Waals surface area contributed by atoms with Crippen LogP contribution in [0.5, 0.6) is 0 Å². The molecule has 0 fully saturated rings. The van der Waals surface area contributed by atoms with Crippen molar-refractivity contribution in [3.8, 4) is 0 Å². The summed E-state index contributed by atoms with van der Waals surface area (Å²) in [4.78, 5) is 58.2. The maximum absolute atomic E-state index is 13.7. The summed E-state index contributed by atoms with van der Waals surface area (Å²) in [6, 6.07) is 15.2. The van der Waals surface area contributed by atoms with E-state index in [-0.39, 0.29) is 31.3 Å². The lowest BCUT2D eigenvalue weighted by Crippen LogP contribution is -2.59. The number of likely N-dealkylation sites (N-methyl/N-ethyl adjacent to an activating group) is 1. The second kappa shape index (κ2) is 16.0. The largest absolute Gasteiger partial charge is 0.370 e. The number of nitrogens with one attached hydrogen (secondary N) is 2. The highest BCUT2D eigenvalue weighted by Gasteiger charge is 2.38. The molecule has 0 saturated heterocycles. The summed E-state index contributed by atoms with van der Waals surface area (Å²) in [6.07, 6.45) is 2.06. The van der Waals surface area contributed by atoms with E-state index in [9.17, 15) is 19.2 Å². The Kier molecular flexibility index (Phi) is 12.8. The Labute approximate surface area is 240 Å². The van der Waals surface area contributed by atoms with Crippen molar-refractivity contribution in [2.24, 2.45) is 27.9 Å². The van der Waals surface area contributed by atoms with Gasteiger partial charge in [0.05, 0.1) is 0 Å². The summed E-state index contributed by atoms with van der Waals surface area (Å²) in [5.74, 6) is -2.31. The van der Waals surface area contributed by atoms with Gasteiger partial charge >= 0.3 is 0 Å². The number of aliphatic imine (C=N–C) groups is 1. The third kappa shape index (κ3) is 9.60. The molecule has 0 heterocycles. The van der Waals surface area contributed by atoms with Crippen molar-refractivity contribution in [3.63, 3.8) is 0 Å². The number of amides is 4. The molecule has 12 nitrogen and oxygen atoms in total. The van der Waals surface area contributed by atoms with Gasteiger partial charge in [0.2, 0.25) is 17.7 Å². The Morgan fingerprint density at radius 1 is 0.878 bits per heavy atom. The standard InChI is InChI=1S/C29H42N8O4/c1-29(27(31)41,21-14-7-4-8-15-21)36-24(38)22(16-9-10-18-30)35-25(39)23(17-11-19-34-28(32)33)37(2)26(40)20-12-5-3-6-13-20/h3-8,12-15,22-23H,9-11,16-19,30H2,1-2H3,(H2,31,41)(H,35,39)(H,36,38)(H4,32,33,34)/t22-,23-,29+/m0/s1. The number of benzene rings is 2. The summed E-state index contributed by atoms with van der Waals surface area (Å²) in [6.45, 7) is 2.18. The Morgan fingerprint density at radius 2 is 1.49 bits per heavy atom. The Balaban J connectivity index is 2.32. The van der Waals surface area contributed by atoms with Crippen LogP contribution in [0.4, 0.5) is 0 Å². The zero-order valence-corrected chi connectivity index (χ0v) is 23.7. The lowest BCUT2D eigenvalue weighted by molar-refractivity contribution is -0.135. The fourth-order valence-corrected chi connectivity index (χ4v) is 4.33. The van der Waals surface area contributed by atoms with Gasteiger partial charge in [-0.2, -0.15) is 0 Å². The van der Waals surface area contributed by atoms with Gasteiger partial charge in [-0.05, 0) is 63.3 Å². The summed E-state index contributed by atoms with van der Waals surface area (Å²) < 4.78 is 0. The molecule has 0 radical (unpaired) electrons. The molecule has 0 saturated carbocycles. The van der Waals surface area contributed by atoms with Crippen LogP contribution in [0.15, 0.2) is 65.7 Å². The number of unbranched alkanes of at least 4 members (excludes halogenated alkanes) is 1. The van der Waals surface area contributed by atoms with Crippen molar-refractivity contribution in [1.82, 2.24) is 15.5 Å². The van der Waals surface area contributed by atoms with E-state index in [1.54, 1.807) is 60.7 Å². The van der Waals surface area contributed by atoms with Gasteiger partial charge in [-0.1, -0.05) is 48.5 Å². The first kappa shape index (κ1) is 32.8. The molecule has 222 valence electrons. The molecule has 0 aliphatic rings. The van der Waals surface area contributed by atoms with E-state index >= 15 is 0 Å². The molecule has 3 atom stereocenters. The fraction of sp³-hybridized carbons (Fsp3) is 0.414. The zero-order valence-electron chi connectivity index (χ0n) is 23.7. The maximum Gasteiger partial charge on any atom is 0.254 e. The molecule has 2 aromatic rings. The SMILES string of the molecule is CN(C(=O)c1ccccc1)[C@@H](CCCN=C(N)N)C(=O)N[C@@H](CCCCN)C(=O)N[C@@](C)(C(N)=O)c1ccccc1. The molecule has 0 spiro atoms. The highest BCUT2D eigenvalue weighted by molar-refractivity contribution is 5.99. The number of carbonyl (C=O) groups excluding carboxylic acids is 4. The average Bonchev–Trinajstić information content (AvgIpc) is 2.96. The molecule has 0 bridgehead atoms. The van der Waals surface area contributed by atoms with Crippen molar-refractivity contribution in [2.45, 2.75) is 56.7 Å². The summed E-state index contributed by atoms with van der Waals surface area (Å²) in [5, 5.41) is 5.54. The Morgan fingerprint density at radius 3 is 2.05 bits per heavy atom. The predicted octanol–water partition coefficient (Wildman–Crippen LogP) is 0.312. The molecule has 0 aliphatic heterocycles. The quantitative estimate of drug-likeness (QED) is 0.0949. The lowest BCUT2D eigenvalue weighted by Gasteiger charge is -2.32. The molecule has 0 aliphatic carbocycles. The van der Waals surface area contributed by atoms with Crippen LogP contribution in [0.2, 0.25) is 0 Å². The van der Waals surface area contributed by atoms with Gasteiger partial charge < -0.3 is 38.5 Å². The van der Waals surface area contributed by atoms with E-state index in [2.05, 4.69) is 15.6 Å². The lowest BCUT2D eigenvalue weighted by atomic mass is 9.90. The molecular formula is C29H42N8O4. The average molecular weight is 567 g/mol. The minimum absolute atomic E-state index is 0.0766. The zero-order chi connectivity index (χ0) is 30.4. The van der Waals surface area contributed by atoms with Crippen molar-refractivity contribution in [1.29, 1.82) is 0 Å². The van der Waals surface area contributed by atoms with Gasteiger partial charge in [-0.25, -0.2) is 0 Å². The molecule has 2 rings (SSSR count). The van der Waals surface area contributed by atoms with Gasteiger partial charge in [0.25, 0.3) is 5.91 Å². The second-order valence-electron chi connectivity index (χ2n) is 9.94. The van der Waals surface area contributed by atoms with Crippen LogP contribution in [0.1, 0.15) is 54.9 Å². The van der Waals surface area contributed by atoms with Crippen LogP contribution in [0.25, 0.3) is 0 Å². The second-order valence-corrected chi connectivity index (χ2v) is 9.94. The normalized spacial score (nSPS) is 13.6. The van der Waals surface area contributed by atoms with Crippen LogP contribution >= 0.6 is 0 Å². The number of hydrogen-bond donors (Lipinski definition) is 6. The van der Waals surface area contributed by atoms with Crippen LogP contribution < -0.4 is 33.6 Å². The van der Waals surface area contributed by atoms with Gasteiger partial charge in [-0.15, -0.1) is 0 Å². The van der Waals surface area contributed by atoms with E-state index in [0.29, 0.717) is 36.9 Å². The van der Waals surface area contributed by atoms with Gasteiger partial charge in [0, 0.05) is 19.2 Å².